The first-order chi connectivity index (χ1) is 16.0. The summed E-state index contributed by atoms with van der Waals surface area (Å²) in [6, 6.07) is 11.7. The number of fused-ring (bicyclic) bond motifs is 1. The van der Waals surface area contributed by atoms with Crippen molar-refractivity contribution in [2.75, 3.05) is 24.5 Å². The third-order valence-corrected chi connectivity index (χ3v) is 7.25. The van der Waals surface area contributed by atoms with Gasteiger partial charge in [-0.05, 0) is 49.3 Å². The van der Waals surface area contributed by atoms with E-state index in [0.29, 0.717) is 28.7 Å². The highest BCUT2D eigenvalue weighted by Crippen LogP contribution is 2.28. The molecule has 7 heteroatoms. The predicted molar refractivity (Wildman–Crippen MR) is 137 cm³/mol. The summed E-state index contributed by atoms with van der Waals surface area (Å²) in [5.41, 5.74) is 2.91. The topological polar surface area (TPSA) is 74.0 Å². The van der Waals surface area contributed by atoms with Gasteiger partial charge in [0.05, 0.1) is 28.6 Å². The van der Waals surface area contributed by atoms with E-state index in [2.05, 4.69) is 36.7 Å². The molecule has 0 bridgehead atoms. The molecule has 0 amide bonds. The smallest absolute Gasteiger partial charge is 0.273 e. The molecule has 1 aliphatic rings. The van der Waals surface area contributed by atoms with Crippen LogP contribution in [-0.2, 0) is 6.54 Å². The van der Waals surface area contributed by atoms with Gasteiger partial charge < -0.3 is 10.2 Å². The van der Waals surface area contributed by atoms with Gasteiger partial charge in [0.15, 0.2) is 0 Å². The van der Waals surface area contributed by atoms with Crippen LogP contribution in [-0.4, -0.2) is 29.2 Å². The number of hydrogen-bond donors (Lipinski definition) is 1. The summed E-state index contributed by atoms with van der Waals surface area (Å²) in [5, 5.41) is 12.9. The van der Waals surface area contributed by atoms with Crippen LogP contribution in [0.15, 0.2) is 41.7 Å². The van der Waals surface area contributed by atoms with Crippen LogP contribution < -0.4 is 15.8 Å². The summed E-state index contributed by atoms with van der Waals surface area (Å²) in [6.45, 7) is 11.5. The molecule has 0 radical (unpaired) electrons. The first-order valence-electron chi connectivity index (χ1n) is 11.7. The molecule has 0 unspecified atom stereocenters. The highest BCUT2D eigenvalue weighted by atomic mass is 32.1. The van der Waals surface area contributed by atoms with Gasteiger partial charge in [0.25, 0.3) is 5.56 Å². The van der Waals surface area contributed by atoms with Crippen molar-refractivity contribution in [3.05, 3.63) is 63.3 Å². The van der Waals surface area contributed by atoms with E-state index in [1.807, 2.05) is 24.3 Å². The van der Waals surface area contributed by atoms with Crippen molar-refractivity contribution < 1.29 is 0 Å². The van der Waals surface area contributed by atoms with Crippen LogP contribution in [0.25, 0.3) is 15.9 Å². The Kier molecular flexibility index (Phi) is 7.14. The fraction of sp³-hybridized carbons (Fsp3) is 0.423. The Morgan fingerprint density at radius 2 is 2.03 bits per heavy atom. The lowest BCUT2D eigenvalue weighted by atomic mass is 10.1. The molecule has 0 spiro atoms. The van der Waals surface area contributed by atoms with Crippen molar-refractivity contribution in [1.29, 1.82) is 5.26 Å². The molecule has 6 nitrogen and oxygen atoms in total. The number of nitrogens with one attached hydrogen (secondary N) is 1. The zero-order chi connectivity index (χ0) is 23.4. The van der Waals surface area contributed by atoms with Gasteiger partial charge in [0.1, 0.15) is 4.70 Å². The number of piperidine rings is 1. The van der Waals surface area contributed by atoms with Gasteiger partial charge in [-0.15, -0.1) is 11.3 Å². The minimum Gasteiger partial charge on any atom is -0.384 e. The Hall–Kier alpha value is -3.11. The van der Waals surface area contributed by atoms with Crippen molar-refractivity contribution in [3.63, 3.8) is 0 Å². The maximum absolute atomic E-state index is 13.7. The van der Waals surface area contributed by atoms with E-state index in [4.69, 9.17) is 4.98 Å². The molecule has 2 aromatic heterocycles. The standard InChI is InChI=1S/C26H31N5OS/c1-18(2)11-12-28-19(3)23-15-22-24(33-23)25(32)31(17-21-10-6-5-9-20(21)16-27)26(29-22)30-13-7-4-8-14-30/h5-6,9-10,15,18,28H,3-4,7-8,11-14,17H2,1-2H3. The number of nitrogens with zero attached hydrogens (tertiary/aromatic N) is 4. The number of benzene rings is 1. The Morgan fingerprint density at radius 3 is 2.76 bits per heavy atom. The molecular formula is C26H31N5OS. The van der Waals surface area contributed by atoms with Crippen molar-refractivity contribution in [2.45, 2.75) is 46.1 Å². The zero-order valence-electron chi connectivity index (χ0n) is 19.4. The summed E-state index contributed by atoms with van der Waals surface area (Å²) < 4.78 is 2.38. The summed E-state index contributed by atoms with van der Waals surface area (Å²) in [6.07, 6.45) is 4.44. The maximum atomic E-state index is 13.7. The Labute approximate surface area is 199 Å². The van der Waals surface area contributed by atoms with Gasteiger partial charge in [0, 0.05) is 25.3 Å². The average Bonchev–Trinajstić information content (AvgIpc) is 3.26. The summed E-state index contributed by atoms with van der Waals surface area (Å²) in [4.78, 5) is 21.8. The fourth-order valence-electron chi connectivity index (χ4n) is 4.16. The molecule has 33 heavy (non-hydrogen) atoms. The SMILES string of the molecule is C=C(NCCC(C)C)c1cc2nc(N3CCCCC3)n(Cc3ccccc3C#N)c(=O)c2s1. The minimum atomic E-state index is -0.0560. The van der Waals surface area contributed by atoms with Gasteiger partial charge in [-0.25, -0.2) is 4.98 Å². The molecule has 0 atom stereocenters. The predicted octanol–water partition coefficient (Wildman–Crippen LogP) is 4.97. The fourth-order valence-corrected chi connectivity index (χ4v) is 5.15. The minimum absolute atomic E-state index is 0.0560. The second-order valence-electron chi connectivity index (χ2n) is 9.03. The van der Waals surface area contributed by atoms with E-state index in [0.717, 1.165) is 60.6 Å². The quantitative estimate of drug-likeness (QED) is 0.512. The zero-order valence-corrected chi connectivity index (χ0v) is 20.2. The lowest BCUT2D eigenvalue weighted by Gasteiger charge is -2.29. The largest absolute Gasteiger partial charge is 0.384 e. The second kappa shape index (κ2) is 10.2. The van der Waals surface area contributed by atoms with Gasteiger partial charge in [-0.2, -0.15) is 5.26 Å². The Bertz CT molecular complexity index is 1240. The third kappa shape index (κ3) is 5.12. The average molecular weight is 462 g/mol. The van der Waals surface area contributed by atoms with Crippen molar-refractivity contribution in [2.24, 2.45) is 5.92 Å². The molecule has 0 saturated carbocycles. The molecule has 4 rings (SSSR count). The lowest BCUT2D eigenvalue weighted by Crippen LogP contribution is -2.36. The lowest BCUT2D eigenvalue weighted by molar-refractivity contribution is 0.553. The second-order valence-corrected chi connectivity index (χ2v) is 10.1. The molecule has 1 aromatic carbocycles. The van der Waals surface area contributed by atoms with Crippen molar-refractivity contribution >= 4 is 33.2 Å². The molecule has 0 aliphatic carbocycles. The normalized spacial score (nSPS) is 13.9. The summed E-state index contributed by atoms with van der Waals surface area (Å²) in [5.74, 6) is 1.31. The highest BCUT2D eigenvalue weighted by Gasteiger charge is 2.21. The van der Waals surface area contributed by atoms with Gasteiger partial charge >= 0.3 is 0 Å². The monoisotopic (exact) mass is 461 g/mol. The summed E-state index contributed by atoms with van der Waals surface area (Å²) in [7, 11) is 0. The Balaban J connectivity index is 1.75. The molecule has 1 fully saturated rings. The van der Waals surface area contributed by atoms with E-state index < -0.39 is 0 Å². The van der Waals surface area contributed by atoms with Crippen LogP contribution in [0.4, 0.5) is 5.95 Å². The number of anilines is 1. The highest BCUT2D eigenvalue weighted by molar-refractivity contribution is 7.19. The first kappa shape index (κ1) is 23.1. The molecule has 3 aromatic rings. The molecule has 1 N–H and O–H groups in total. The van der Waals surface area contributed by atoms with Gasteiger partial charge in [-0.3, -0.25) is 9.36 Å². The molecule has 172 valence electrons. The molecular weight excluding hydrogens is 430 g/mol. The van der Waals surface area contributed by atoms with Gasteiger partial charge in [-0.1, -0.05) is 38.6 Å². The van der Waals surface area contributed by atoms with Crippen LogP contribution in [0.1, 0.15) is 55.5 Å². The summed E-state index contributed by atoms with van der Waals surface area (Å²) >= 11 is 1.44. The van der Waals surface area contributed by atoms with Crippen molar-refractivity contribution in [3.8, 4) is 6.07 Å². The number of hydrogen-bond acceptors (Lipinski definition) is 6. The van der Waals surface area contributed by atoms with Crippen LogP contribution >= 0.6 is 11.3 Å². The van der Waals surface area contributed by atoms with Crippen LogP contribution in [0, 0.1) is 17.2 Å². The number of nitriles is 1. The molecule has 1 aliphatic heterocycles. The Morgan fingerprint density at radius 1 is 1.27 bits per heavy atom. The van der Waals surface area contributed by atoms with E-state index in [9.17, 15) is 10.1 Å². The van der Waals surface area contributed by atoms with E-state index in [1.165, 1.54) is 17.8 Å². The van der Waals surface area contributed by atoms with Crippen LogP contribution in [0.2, 0.25) is 0 Å². The van der Waals surface area contributed by atoms with Crippen molar-refractivity contribution in [1.82, 2.24) is 14.9 Å². The van der Waals surface area contributed by atoms with Gasteiger partial charge in [0.2, 0.25) is 5.95 Å². The number of thiophene rings is 1. The number of aromatic nitrogens is 2. The van der Waals surface area contributed by atoms with Crippen LogP contribution in [0.3, 0.4) is 0 Å². The van der Waals surface area contributed by atoms with E-state index in [1.54, 1.807) is 10.6 Å². The maximum Gasteiger partial charge on any atom is 0.273 e. The number of rotatable bonds is 8. The molecule has 1 saturated heterocycles. The first-order valence-corrected chi connectivity index (χ1v) is 12.5. The van der Waals surface area contributed by atoms with Crippen LogP contribution in [0.5, 0.6) is 0 Å². The molecule has 3 heterocycles. The van der Waals surface area contributed by atoms with E-state index in [-0.39, 0.29) is 5.56 Å². The third-order valence-electron chi connectivity index (χ3n) is 6.08. The van der Waals surface area contributed by atoms with E-state index >= 15 is 0 Å².